The van der Waals surface area contributed by atoms with Gasteiger partial charge in [-0.2, -0.15) is 0 Å². The highest BCUT2D eigenvalue weighted by Gasteiger charge is 2.31. The number of aryl methyl sites for hydroxylation is 1. The number of nitro benzene ring substituents is 1. The van der Waals surface area contributed by atoms with Crippen LogP contribution in [0.4, 0.5) is 11.4 Å². The molecule has 1 N–H and O–H groups in total. The number of nitrogens with one attached hydrogen (secondary N) is 1. The Morgan fingerprint density at radius 2 is 1.65 bits per heavy atom. The average Bonchev–Trinajstić information content (AvgIpc) is 2.62. The van der Waals surface area contributed by atoms with Crippen LogP contribution in [0.2, 0.25) is 0 Å². The minimum absolute atomic E-state index is 0.154. The molecule has 0 aliphatic heterocycles. The molecule has 0 saturated heterocycles. The Hall–Kier alpha value is -2.41. The van der Waals surface area contributed by atoms with Crippen molar-refractivity contribution in [3.63, 3.8) is 0 Å². The third-order valence-corrected chi connectivity index (χ3v) is 5.86. The van der Waals surface area contributed by atoms with E-state index in [1.165, 1.54) is 32.4 Å². The van der Waals surface area contributed by atoms with Gasteiger partial charge in [0.2, 0.25) is 0 Å². The van der Waals surface area contributed by atoms with Crippen LogP contribution in [-0.2, 0) is 13.6 Å². The van der Waals surface area contributed by atoms with Crippen molar-refractivity contribution >= 4 is 19.0 Å². The zero-order chi connectivity index (χ0) is 19.3. The molecule has 2 rings (SSSR count). The molecule has 0 aliphatic rings. The molecule has 9 heteroatoms. The summed E-state index contributed by atoms with van der Waals surface area (Å²) >= 11 is 0. The molecule has 0 saturated carbocycles. The average molecular weight is 380 g/mol. The zero-order valence-electron chi connectivity index (χ0n) is 15.0. The maximum absolute atomic E-state index is 12.4. The van der Waals surface area contributed by atoms with E-state index in [1.807, 2.05) is 19.1 Å². The quantitative estimate of drug-likeness (QED) is 0.393. The Balaban J connectivity index is 2.32. The van der Waals surface area contributed by atoms with Crippen molar-refractivity contribution in [2.75, 3.05) is 19.5 Å². The number of rotatable bonds is 8. The summed E-state index contributed by atoms with van der Waals surface area (Å²) in [4.78, 5) is 10.8. The Morgan fingerprint density at radius 1 is 1.08 bits per heavy atom. The van der Waals surface area contributed by atoms with Gasteiger partial charge in [0.15, 0.2) is 0 Å². The molecular formula is C17H21N2O6P. The van der Waals surface area contributed by atoms with Gasteiger partial charge in [-0.05, 0) is 32.0 Å². The standard InChI is InChI=1S/C17H21N2O6P/c1-12-5-7-14(8-6-12)25-15-9-10-17(19(20)21)16(11-15)18-13(2)26(22,23-3)24-4/h5-11,13,18H,1-4H3. The molecule has 2 aromatic rings. The van der Waals surface area contributed by atoms with E-state index in [0.29, 0.717) is 11.5 Å². The lowest BCUT2D eigenvalue weighted by atomic mass is 10.2. The maximum atomic E-state index is 12.4. The van der Waals surface area contributed by atoms with Crippen molar-refractivity contribution in [2.24, 2.45) is 0 Å². The smallest absolute Gasteiger partial charge is 0.351 e. The first-order chi connectivity index (χ1) is 12.3. The number of ether oxygens (including phenoxy) is 1. The minimum Gasteiger partial charge on any atom is -0.457 e. The van der Waals surface area contributed by atoms with Crippen LogP contribution in [-0.4, -0.2) is 24.9 Å². The van der Waals surface area contributed by atoms with Gasteiger partial charge in [-0.15, -0.1) is 0 Å². The topological polar surface area (TPSA) is 99.9 Å². The van der Waals surface area contributed by atoms with E-state index in [-0.39, 0.29) is 11.4 Å². The summed E-state index contributed by atoms with van der Waals surface area (Å²) in [7, 11) is -0.934. The first kappa shape index (κ1) is 19.9. The summed E-state index contributed by atoms with van der Waals surface area (Å²) in [6.07, 6.45) is 0. The molecule has 1 unspecified atom stereocenters. The number of nitrogens with zero attached hydrogens (tertiary/aromatic N) is 1. The van der Waals surface area contributed by atoms with Crippen molar-refractivity contribution in [3.8, 4) is 11.5 Å². The van der Waals surface area contributed by atoms with Crippen LogP contribution in [0, 0.1) is 17.0 Å². The SMILES string of the molecule is COP(=O)(OC)C(C)Nc1cc(Oc2ccc(C)cc2)ccc1[N+](=O)[O-]. The molecule has 140 valence electrons. The second-order valence-corrected chi connectivity index (χ2v) is 8.16. The van der Waals surface area contributed by atoms with Gasteiger partial charge in [0.05, 0.1) is 4.92 Å². The maximum Gasteiger partial charge on any atom is 0.351 e. The van der Waals surface area contributed by atoms with E-state index < -0.39 is 18.3 Å². The van der Waals surface area contributed by atoms with E-state index in [0.717, 1.165) is 5.56 Å². The minimum atomic E-state index is -3.45. The highest BCUT2D eigenvalue weighted by molar-refractivity contribution is 7.54. The lowest BCUT2D eigenvalue weighted by Gasteiger charge is -2.22. The van der Waals surface area contributed by atoms with Crippen LogP contribution in [0.1, 0.15) is 12.5 Å². The summed E-state index contributed by atoms with van der Waals surface area (Å²) in [6.45, 7) is 3.52. The van der Waals surface area contributed by atoms with Gasteiger partial charge >= 0.3 is 7.60 Å². The molecule has 0 aliphatic carbocycles. The highest BCUT2D eigenvalue weighted by atomic mass is 31.2. The predicted octanol–water partition coefficient (Wildman–Crippen LogP) is 4.94. The molecule has 0 spiro atoms. The molecule has 0 fully saturated rings. The van der Waals surface area contributed by atoms with E-state index in [1.54, 1.807) is 19.1 Å². The van der Waals surface area contributed by atoms with Gasteiger partial charge < -0.3 is 19.1 Å². The largest absolute Gasteiger partial charge is 0.457 e. The summed E-state index contributed by atoms with van der Waals surface area (Å²) in [5, 5.41) is 14.1. The van der Waals surface area contributed by atoms with Crippen molar-refractivity contribution in [1.82, 2.24) is 0 Å². The van der Waals surface area contributed by atoms with Gasteiger partial charge in [0, 0.05) is 26.4 Å². The van der Waals surface area contributed by atoms with Crippen LogP contribution in [0.5, 0.6) is 11.5 Å². The monoisotopic (exact) mass is 380 g/mol. The molecule has 0 amide bonds. The van der Waals surface area contributed by atoms with Crippen molar-refractivity contribution in [1.29, 1.82) is 0 Å². The molecular weight excluding hydrogens is 359 g/mol. The number of anilines is 1. The molecule has 0 aromatic heterocycles. The first-order valence-corrected chi connectivity index (χ1v) is 9.41. The Morgan fingerprint density at radius 3 is 2.19 bits per heavy atom. The van der Waals surface area contributed by atoms with Crippen molar-refractivity contribution < 1.29 is 23.3 Å². The number of nitro groups is 1. The zero-order valence-corrected chi connectivity index (χ0v) is 15.9. The van der Waals surface area contributed by atoms with Gasteiger partial charge in [0.25, 0.3) is 5.69 Å². The highest BCUT2D eigenvalue weighted by Crippen LogP contribution is 2.52. The summed E-state index contributed by atoms with van der Waals surface area (Å²) in [5.41, 5.74) is 1.07. The molecule has 2 aromatic carbocycles. The Labute approximate surface area is 151 Å². The lowest BCUT2D eigenvalue weighted by molar-refractivity contribution is -0.384. The fourth-order valence-corrected chi connectivity index (χ4v) is 3.37. The molecule has 0 heterocycles. The van der Waals surface area contributed by atoms with Crippen molar-refractivity contribution in [2.45, 2.75) is 19.6 Å². The van der Waals surface area contributed by atoms with E-state index in [9.17, 15) is 14.7 Å². The van der Waals surface area contributed by atoms with Crippen LogP contribution < -0.4 is 10.1 Å². The first-order valence-electron chi connectivity index (χ1n) is 7.79. The van der Waals surface area contributed by atoms with Crippen LogP contribution in [0.25, 0.3) is 0 Å². The van der Waals surface area contributed by atoms with Crippen LogP contribution in [0.3, 0.4) is 0 Å². The van der Waals surface area contributed by atoms with Crippen LogP contribution in [0.15, 0.2) is 42.5 Å². The molecule has 8 nitrogen and oxygen atoms in total. The summed E-state index contributed by atoms with van der Waals surface area (Å²) < 4.78 is 28.0. The molecule has 26 heavy (non-hydrogen) atoms. The van der Waals surface area contributed by atoms with E-state index in [4.69, 9.17) is 13.8 Å². The normalized spacial score (nSPS) is 12.5. The lowest BCUT2D eigenvalue weighted by Crippen LogP contribution is -2.18. The summed E-state index contributed by atoms with van der Waals surface area (Å²) in [5.74, 6) is 0.201. The van der Waals surface area contributed by atoms with E-state index in [2.05, 4.69) is 5.32 Å². The third kappa shape index (κ3) is 4.60. The van der Waals surface area contributed by atoms with Crippen LogP contribution >= 0.6 is 7.60 Å². The third-order valence-electron chi connectivity index (χ3n) is 3.77. The van der Waals surface area contributed by atoms with Gasteiger partial charge in [-0.25, -0.2) is 0 Å². The van der Waals surface area contributed by atoms with Gasteiger partial charge in [-0.3, -0.25) is 14.7 Å². The number of hydrogen-bond donors (Lipinski definition) is 1. The number of hydrogen-bond acceptors (Lipinski definition) is 7. The van der Waals surface area contributed by atoms with Gasteiger partial charge in [0.1, 0.15) is 23.0 Å². The Bertz CT molecular complexity index is 817. The second kappa shape index (κ2) is 8.31. The van der Waals surface area contributed by atoms with Crippen molar-refractivity contribution in [3.05, 3.63) is 58.1 Å². The second-order valence-electron chi connectivity index (χ2n) is 5.58. The Kier molecular flexibility index (Phi) is 6.37. The molecule has 0 radical (unpaired) electrons. The fraction of sp³-hybridized carbons (Fsp3) is 0.294. The summed E-state index contributed by atoms with van der Waals surface area (Å²) in [6, 6.07) is 11.7. The van der Waals surface area contributed by atoms with E-state index >= 15 is 0 Å². The fourth-order valence-electron chi connectivity index (χ4n) is 2.29. The number of benzene rings is 2. The molecule has 0 bridgehead atoms. The van der Waals surface area contributed by atoms with Gasteiger partial charge in [-0.1, -0.05) is 17.7 Å². The predicted molar refractivity (Wildman–Crippen MR) is 99.1 cm³/mol. The molecule has 1 atom stereocenters.